The molecule has 1 atom stereocenters. The zero-order valence-electron chi connectivity index (χ0n) is 10.3. The second kappa shape index (κ2) is 5.85. The van der Waals surface area contributed by atoms with Gasteiger partial charge in [-0.15, -0.1) is 0 Å². The van der Waals surface area contributed by atoms with Crippen molar-refractivity contribution in [3.63, 3.8) is 0 Å². The molecule has 0 fully saturated rings. The minimum Gasteiger partial charge on any atom is -0.504 e. The summed E-state index contributed by atoms with van der Waals surface area (Å²) in [6, 6.07) is 11.2. The molecule has 5 nitrogen and oxygen atoms in total. The molecule has 0 aliphatic rings. The standard InChI is InChI=1S/C14H12O5S/c15-11(6-9-4-2-1-3-5-9)10-7-12(16)14(17)13(8-10)20(18)19/h1-5,7-8,16-17H,6H2,(H,18,19). The summed E-state index contributed by atoms with van der Waals surface area (Å²) in [5.41, 5.74) is 0.860. The van der Waals surface area contributed by atoms with Crippen LogP contribution >= 0.6 is 0 Å². The van der Waals surface area contributed by atoms with Crippen LogP contribution < -0.4 is 0 Å². The van der Waals surface area contributed by atoms with Crippen LogP contribution in [0, 0.1) is 0 Å². The van der Waals surface area contributed by atoms with Crippen molar-refractivity contribution in [2.45, 2.75) is 11.3 Å². The van der Waals surface area contributed by atoms with Gasteiger partial charge in [0.2, 0.25) is 0 Å². The highest BCUT2D eigenvalue weighted by atomic mass is 32.2. The zero-order chi connectivity index (χ0) is 14.7. The van der Waals surface area contributed by atoms with E-state index in [1.807, 2.05) is 6.07 Å². The Balaban J connectivity index is 2.33. The third-order valence-corrected chi connectivity index (χ3v) is 3.46. The molecule has 1 unspecified atom stereocenters. The summed E-state index contributed by atoms with van der Waals surface area (Å²) in [4.78, 5) is 11.7. The summed E-state index contributed by atoms with van der Waals surface area (Å²) in [6.07, 6.45) is 0.0998. The van der Waals surface area contributed by atoms with Crippen molar-refractivity contribution in [3.05, 3.63) is 53.6 Å². The Kier molecular flexibility index (Phi) is 4.16. The van der Waals surface area contributed by atoms with Gasteiger partial charge in [0.05, 0.1) is 0 Å². The van der Waals surface area contributed by atoms with E-state index in [0.29, 0.717) is 0 Å². The van der Waals surface area contributed by atoms with Crippen LogP contribution in [-0.2, 0) is 17.5 Å². The van der Waals surface area contributed by atoms with Gasteiger partial charge >= 0.3 is 0 Å². The number of benzene rings is 2. The van der Waals surface area contributed by atoms with Gasteiger partial charge in [0.1, 0.15) is 4.90 Å². The third-order valence-electron chi connectivity index (χ3n) is 2.77. The normalized spacial score (nSPS) is 12.1. The van der Waals surface area contributed by atoms with Gasteiger partial charge < -0.3 is 14.8 Å². The van der Waals surface area contributed by atoms with Crippen LogP contribution in [0.3, 0.4) is 0 Å². The van der Waals surface area contributed by atoms with Crippen molar-refractivity contribution in [1.29, 1.82) is 0 Å². The van der Waals surface area contributed by atoms with Gasteiger partial charge in [0, 0.05) is 12.0 Å². The van der Waals surface area contributed by atoms with Gasteiger partial charge in [-0.2, -0.15) is 0 Å². The highest BCUT2D eigenvalue weighted by Gasteiger charge is 2.17. The van der Waals surface area contributed by atoms with Gasteiger partial charge in [-0.25, -0.2) is 4.21 Å². The first-order chi connectivity index (χ1) is 9.49. The SMILES string of the molecule is O=C(Cc1ccccc1)c1cc(O)c(O)c(S(=O)O)c1. The molecular formula is C14H12O5S. The van der Waals surface area contributed by atoms with E-state index in [-0.39, 0.29) is 22.7 Å². The lowest BCUT2D eigenvalue weighted by molar-refractivity contribution is 0.0992. The number of ketones is 1. The molecule has 0 aliphatic heterocycles. The van der Waals surface area contributed by atoms with Gasteiger partial charge in [0.15, 0.2) is 28.4 Å². The van der Waals surface area contributed by atoms with Crippen molar-refractivity contribution in [2.24, 2.45) is 0 Å². The Morgan fingerprint density at radius 1 is 1.10 bits per heavy atom. The van der Waals surface area contributed by atoms with Crippen LogP contribution in [0.5, 0.6) is 11.5 Å². The van der Waals surface area contributed by atoms with E-state index in [4.69, 9.17) is 4.55 Å². The van der Waals surface area contributed by atoms with E-state index in [0.717, 1.165) is 17.7 Å². The maximum absolute atomic E-state index is 12.1. The predicted molar refractivity (Wildman–Crippen MR) is 73.3 cm³/mol. The zero-order valence-corrected chi connectivity index (χ0v) is 11.1. The van der Waals surface area contributed by atoms with Gasteiger partial charge in [0.25, 0.3) is 0 Å². The van der Waals surface area contributed by atoms with Crippen molar-refractivity contribution in [2.75, 3.05) is 0 Å². The number of rotatable bonds is 4. The first kappa shape index (κ1) is 14.2. The molecule has 104 valence electrons. The van der Waals surface area contributed by atoms with E-state index >= 15 is 0 Å². The molecule has 0 saturated carbocycles. The fourth-order valence-corrected chi connectivity index (χ4v) is 2.27. The van der Waals surface area contributed by atoms with E-state index in [1.165, 1.54) is 0 Å². The maximum atomic E-state index is 12.1. The minimum atomic E-state index is -2.49. The Morgan fingerprint density at radius 2 is 1.75 bits per heavy atom. The summed E-state index contributed by atoms with van der Waals surface area (Å²) >= 11 is -2.49. The largest absolute Gasteiger partial charge is 0.504 e. The molecular weight excluding hydrogens is 280 g/mol. The molecule has 6 heteroatoms. The first-order valence-corrected chi connectivity index (χ1v) is 6.83. The maximum Gasteiger partial charge on any atom is 0.190 e. The Labute approximate surface area is 117 Å². The van der Waals surface area contributed by atoms with E-state index in [9.17, 15) is 19.2 Å². The van der Waals surface area contributed by atoms with E-state index in [2.05, 4.69) is 0 Å². The number of phenols is 2. The monoisotopic (exact) mass is 292 g/mol. The van der Waals surface area contributed by atoms with Crippen molar-refractivity contribution in [1.82, 2.24) is 0 Å². The lowest BCUT2D eigenvalue weighted by Crippen LogP contribution is -2.04. The quantitative estimate of drug-likeness (QED) is 0.456. The number of carbonyl (C=O) groups excluding carboxylic acids is 1. The van der Waals surface area contributed by atoms with Crippen LogP contribution in [0.1, 0.15) is 15.9 Å². The van der Waals surface area contributed by atoms with E-state index in [1.54, 1.807) is 24.3 Å². The molecule has 0 saturated heterocycles. The van der Waals surface area contributed by atoms with Gasteiger partial charge in [-0.1, -0.05) is 30.3 Å². The van der Waals surface area contributed by atoms with Crippen molar-refractivity contribution < 1.29 is 23.8 Å². The summed E-state index contributed by atoms with van der Waals surface area (Å²) in [5, 5.41) is 18.9. The summed E-state index contributed by atoms with van der Waals surface area (Å²) < 4.78 is 20.1. The van der Waals surface area contributed by atoms with Gasteiger partial charge in [-0.05, 0) is 17.7 Å². The fraction of sp³-hybridized carbons (Fsp3) is 0.0714. The Bertz CT molecular complexity index is 667. The summed E-state index contributed by atoms with van der Waals surface area (Å²) in [5.74, 6) is -1.61. The van der Waals surface area contributed by atoms with Crippen LogP contribution in [-0.4, -0.2) is 24.8 Å². The van der Waals surface area contributed by atoms with Crippen LogP contribution in [0.25, 0.3) is 0 Å². The summed E-state index contributed by atoms with van der Waals surface area (Å²) in [6.45, 7) is 0. The lowest BCUT2D eigenvalue weighted by Gasteiger charge is -2.07. The molecule has 0 amide bonds. The molecule has 3 N–H and O–H groups in total. The molecule has 0 aliphatic carbocycles. The van der Waals surface area contributed by atoms with Crippen molar-refractivity contribution >= 4 is 16.9 Å². The molecule has 0 radical (unpaired) electrons. The average molecular weight is 292 g/mol. The van der Waals surface area contributed by atoms with E-state index < -0.39 is 22.6 Å². The Morgan fingerprint density at radius 3 is 2.35 bits per heavy atom. The molecule has 2 aromatic rings. The third kappa shape index (κ3) is 3.04. The van der Waals surface area contributed by atoms with Crippen LogP contribution in [0.4, 0.5) is 0 Å². The van der Waals surface area contributed by atoms with Gasteiger partial charge in [-0.3, -0.25) is 4.79 Å². The second-order valence-corrected chi connectivity index (χ2v) is 5.11. The molecule has 2 rings (SSSR count). The molecule has 0 spiro atoms. The Hall–Kier alpha value is -2.18. The predicted octanol–water partition coefficient (Wildman–Crippen LogP) is 2.10. The number of aromatic hydroxyl groups is 2. The smallest absolute Gasteiger partial charge is 0.190 e. The molecule has 0 bridgehead atoms. The number of Topliss-reactive ketones (excluding diaryl/α,β-unsaturated/α-hetero) is 1. The number of phenolic OH excluding ortho intramolecular Hbond substituents is 2. The molecule has 2 aromatic carbocycles. The highest BCUT2D eigenvalue weighted by molar-refractivity contribution is 7.79. The topological polar surface area (TPSA) is 94.8 Å². The van der Waals surface area contributed by atoms with Crippen molar-refractivity contribution in [3.8, 4) is 11.5 Å². The molecule has 0 aromatic heterocycles. The minimum absolute atomic E-state index is 0.0709. The average Bonchev–Trinajstić information content (AvgIpc) is 2.42. The molecule has 0 heterocycles. The molecule has 20 heavy (non-hydrogen) atoms. The second-order valence-electron chi connectivity index (χ2n) is 4.18. The first-order valence-electron chi connectivity index (χ1n) is 5.73. The summed E-state index contributed by atoms with van der Waals surface area (Å²) in [7, 11) is 0. The lowest BCUT2D eigenvalue weighted by atomic mass is 10.0. The van der Waals surface area contributed by atoms with Crippen LogP contribution in [0.2, 0.25) is 0 Å². The van der Waals surface area contributed by atoms with Crippen LogP contribution in [0.15, 0.2) is 47.4 Å². The number of hydrogen-bond acceptors (Lipinski definition) is 4. The highest BCUT2D eigenvalue weighted by Crippen LogP contribution is 2.32. The fourth-order valence-electron chi connectivity index (χ4n) is 1.77. The number of hydrogen-bond donors (Lipinski definition) is 3. The number of carbonyl (C=O) groups is 1.